The Kier molecular flexibility index (Phi) is 66.5. The van der Waals surface area contributed by atoms with Gasteiger partial charge < -0.3 is 77.6 Å². The zero-order valence-corrected chi connectivity index (χ0v) is 52.7. The van der Waals surface area contributed by atoms with Crippen LogP contribution in [0.15, 0.2) is 82.0 Å². The number of imidazole rings is 2. The van der Waals surface area contributed by atoms with E-state index in [4.69, 9.17) is 30.2 Å². The van der Waals surface area contributed by atoms with Crippen molar-refractivity contribution < 1.29 is 92.8 Å². The van der Waals surface area contributed by atoms with Crippen LogP contribution in [-0.4, -0.2) is 257 Å². The van der Waals surface area contributed by atoms with Crippen molar-refractivity contribution in [2.75, 3.05) is 147 Å². The predicted octanol–water partition coefficient (Wildman–Crippen LogP) is 3.82. The molecule has 2 aromatic heterocycles. The Balaban J connectivity index is -0.000000149. The number of nitrogens with two attached hydrogens (primary N) is 2. The summed E-state index contributed by atoms with van der Waals surface area (Å²) in [7, 11) is 7.30. The molecule has 0 aromatic carbocycles. The molecule has 0 aliphatic heterocycles. The summed E-state index contributed by atoms with van der Waals surface area (Å²) < 4.78 is 88.0. The second-order valence-electron chi connectivity index (χ2n) is 20.4. The van der Waals surface area contributed by atoms with Crippen molar-refractivity contribution in [2.45, 2.75) is 95.5 Å². The predicted molar refractivity (Wildman–Crippen MR) is 350 cm³/mol. The fourth-order valence-corrected chi connectivity index (χ4v) is 7.56. The summed E-state index contributed by atoms with van der Waals surface area (Å²) in [5.74, 6) is -6.19. The summed E-state index contributed by atoms with van der Waals surface area (Å²) in [5, 5.41) is 17.0. The normalized spacial score (nSPS) is 11.8. The molecule has 0 saturated heterocycles. The average Bonchev–Trinajstić information content (AvgIpc) is 4.19. The number of amides is 2. The molecule has 0 fully saturated rings. The van der Waals surface area contributed by atoms with Crippen molar-refractivity contribution in [3.63, 3.8) is 0 Å². The quantitative estimate of drug-likeness (QED) is 0.0248. The lowest BCUT2D eigenvalue weighted by atomic mass is 9.84. The zero-order valence-electron chi connectivity index (χ0n) is 51.0. The van der Waals surface area contributed by atoms with Crippen molar-refractivity contribution in [3.05, 3.63) is 82.0 Å². The van der Waals surface area contributed by atoms with Crippen molar-refractivity contribution >= 4 is 62.1 Å². The van der Waals surface area contributed by atoms with Gasteiger partial charge in [-0.15, -0.1) is 0 Å². The van der Waals surface area contributed by atoms with E-state index in [1.165, 1.54) is 0 Å². The molecular weight excluding hydrogens is 1200 g/mol. The fraction of sp³-hybridized carbons (Fsp3) is 0.661. The molecule has 524 valence electrons. The van der Waals surface area contributed by atoms with Gasteiger partial charge in [0.15, 0.2) is 0 Å². The lowest BCUT2D eigenvalue weighted by Gasteiger charge is -2.30. The molecule has 89 heavy (non-hydrogen) atoms. The lowest BCUT2D eigenvalue weighted by molar-refractivity contribution is -0.890. The van der Waals surface area contributed by atoms with Crippen LogP contribution in [0, 0.1) is 17.8 Å². The molecule has 0 bridgehead atoms. The molecule has 2 heterocycles. The Hall–Kier alpha value is -6.22. The first-order valence-electron chi connectivity index (χ1n) is 26.7. The van der Waals surface area contributed by atoms with E-state index in [-0.39, 0.29) is 108 Å². The number of primary amides is 2. The molecule has 0 saturated carbocycles. The third-order valence-corrected chi connectivity index (χ3v) is 13.0. The minimum absolute atomic E-state index is 0. The van der Waals surface area contributed by atoms with Crippen molar-refractivity contribution in [1.29, 1.82) is 0 Å². The van der Waals surface area contributed by atoms with Gasteiger partial charge >= 0.3 is 23.9 Å². The van der Waals surface area contributed by atoms with E-state index in [0.29, 0.717) is 54.4 Å². The number of esters is 4. The van der Waals surface area contributed by atoms with E-state index in [9.17, 15) is 54.7 Å². The minimum atomic E-state index is -4.30. The Morgan fingerprint density at radius 1 is 0.618 bits per heavy atom. The Morgan fingerprint density at radius 2 is 1.02 bits per heavy atom. The number of aromatic nitrogens is 4. The first-order chi connectivity index (χ1) is 39.0. The van der Waals surface area contributed by atoms with Crippen LogP contribution >= 0.6 is 0 Å². The highest BCUT2D eigenvalue weighted by Gasteiger charge is 2.33. The number of likely N-dealkylation sites (N-methyl/N-ethyl adjacent to an activating group) is 4. The molecule has 30 heteroatoms. The molecule has 28 nitrogen and oxygen atoms in total. The van der Waals surface area contributed by atoms with E-state index < -0.39 is 79.4 Å². The SMILES string of the molecule is C.C.C.C.C.C=CC(=O)OCCO.C=CC(=O)OCC[N+](C)(C)CCCS(=O)(=O)[O-].C=CC(N)=O.C=Cn1ccnc1.CCC(CC(CC(CC(C)C(=O)OCCO)C(=O)OCC[N+](C)(C)CCCS(=O)(=O)[O-])C(N)=O)n1ccnc1.CN(C)CCN(C)C. The number of carbonyl (C=O) groups excluding carboxylic acids is 6. The van der Waals surface area contributed by atoms with Gasteiger partial charge in [0.2, 0.25) is 11.8 Å². The van der Waals surface area contributed by atoms with Crippen LogP contribution in [0.3, 0.4) is 0 Å². The first-order valence-corrected chi connectivity index (χ1v) is 29.9. The minimum Gasteiger partial charge on any atom is -0.748 e. The van der Waals surface area contributed by atoms with E-state index in [1.807, 2.05) is 45.9 Å². The second kappa shape index (κ2) is 58.2. The maximum absolute atomic E-state index is 13.2. The Labute approximate surface area is 535 Å². The average molecular weight is 1320 g/mol. The van der Waals surface area contributed by atoms with E-state index in [0.717, 1.165) is 31.3 Å². The summed E-state index contributed by atoms with van der Waals surface area (Å²) >= 11 is 0. The van der Waals surface area contributed by atoms with E-state index in [1.54, 1.807) is 48.9 Å². The van der Waals surface area contributed by atoms with Crippen LogP contribution in [0.5, 0.6) is 0 Å². The zero-order chi connectivity index (χ0) is 65.5. The topological polar surface area (TPSA) is 388 Å². The number of carbonyl (C=O) groups is 6. The van der Waals surface area contributed by atoms with Crippen LogP contribution in [0.25, 0.3) is 6.20 Å². The number of quaternary nitrogens is 2. The fourth-order valence-electron chi connectivity index (χ4n) is 6.59. The van der Waals surface area contributed by atoms with E-state index in [2.05, 4.69) is 84.7 Å². The molecule has 0 aliphatic carbocycles. The van der Waals surface area contributed by atoms with Crippen LogP contribution < -0.4 is 11.5 Å². The van der Waals surface area contributed by atoms with Crippen LogP contribution in [-0.2, 0) is 68.0 Å². The smallest absolute Gasteiger partial charge is 0.330 e. The number of hydrogen-bond acceptors (Lipinski definition) is 22. The summed E-state index contributed by atoms with van der Waals surface area (Å²) in [6, 6.07) is -0.0651. The third-order valence-electron chi connectivity index (χ3n) is 11.5. The van der Waals surface area contributed by atoms with Crippen molar-refractivity contribution in [3.8, 4) is 0 Å². The van der Waals surface area contributed by atoms with Gasteiger partial charge in [0.1, 0.15) is 39.5 Å². The summed E-state index contributed by atoms with van der Waals surface area (Å²) in [4.78, 5) is 80.5. The number of ether oxygens (including phenoxy) is 4. The second-order valence-corrected chi connectivity index (χ2v) is 23.5. The maximum atomic E-state index is 13.2. The highest BCUT2D eigenvalue weighted by atomic mass is 32.2. The van der Waals surface area contributed by atoms with Gasteiger partial charge in [-0.1, -0.05) is 77.3 Å². The highest BCUT2D eigenvalue weighted by molar-refractivity contribution is 7.85. The lowest BCUT2D eigenvalue weighted by Crippen LogP contribution is -2.44. The molecule has 4 unspecified atom stereocenters. The number of hydrogen-bond donors (Lipinski definition) is 4. The van der Waals surface area contributed by atoms with Crippen molar-refractivity contribution in [2.24, 2.45) is 29.2 Å². The number of aliphatic hydroxyl groups is 2. The molecule has 0 radical (unpaired) electrons. The van der Waals surface area contributed by atoms with Gasteiger partial charge in [-0.2, -0.15) is 0 Å². The van der Waals surface area contributed by atoms with Gasteiger partial charge in [-0.3, -0.25) is 19.2 Å². The molecule has 6 N–H and O–H groups in total. The van der Waals surface area contributed by atoms with Gasteiger partial charge in [-0.25, -0.2) is 36.4 Å². The maximum Gasteiger partial charge on any atom is 0.330 e. The van der Waals surface area contributed by atoms with Gasteiger partial charge in [0.25, 0.3) is 0 Å². The van der Waals surface area contributed by atoms with Crippen molar-refractivity contribution in [1.82, 2.24) is 28.9 Å². The number of aliphatic hydroxyl groups excluding tert-OH is 2. The van der Waals surface area contributed by atoms with E-state index >= 15 is 0 Å². The molecular formula is C59H118N10O18S2. The summed E-state index contributed by atoms with van der Waals surface area (Å²) in [6.07, 6.45) is 16.9. The summed E-state index contributed by atoms with van der Waals surface area (Å²) in [6.45, 7) is 20.4. The molecule has 0 spiro atoms. The third kappa shape index (κ3) is 66.0. The Bertz CT molecular complexity index is 2380. The first kappa shape index (κ1) is 102. The van der Waals surface area contributed by atoms with Crippen LogP contribution in [0.2, 0.25) is 0 Å². The monoisotopic (exact) mass is 1320 g/mol. The molecule has 2 aromatic rings. The van der Waals surface area contributed by atoms with Gasteiger partial charge in [0.05, 0.1) is 99.2 Å². The van der Waals surface area contributed by atoms with Gasteiger partial charge in [0, 0.05) is 92.5 Å². The van der Waals surface area contributed by atoms with Crippen LogP contribution in [0.1, 0.15) is 95.5 Å². The standard InChI is InChI=1S/C25H44N4O9S.C10H19NO5S.C6H16N2.C5H6N2.C5H8O3.C3H5NO.5CH4/c1-5-22(28-8-7-27-18-28)17-20(23(26)31)16-21(15-19(2)24(32)38-13-11-30)25(33)37-12-10-29(3,4)9-6-14-39(34,35)36;1-4-10(12)16-8-7-11(2,3)6-5-9-17(13,14)15;1-7(2)5-6-8(3)4;1-2-7-4-3-6-5-7;1-2-5(7)8-4-3-6;1-2-3(4)5;;;;;/h7-8,18-22,30H,5-6,9-17H2,1-4H3,(H2-,26,31,34,35,36);4H,1,5-9H2,2-3H3;5-6H2,1-4H3;2-5H,1H2;2,6H,1,3-4H2;2H,1H2,(H2,4,5);5*1H4. The molecule has 2 rings (SSSR count). The molecule has 2 amide bonds. The largest absolute Gasteiger partial charge is 0.748 e. The number of nitrogens with zero attached hydrogens (tertiary/aromatic N) is 8. The highest BCUT2D eigenvalue weighted by Crippen LogP contribution is 2.29. The molecule has 4 atom stereocenters. The van der Waals surface area contributed by atoms with Gasteiger partial charge in [-0.05, 0) is 59.9 Å². The number of rotatable bonds is 36. The Morgan fingerprint density at radius 3 is 1.35 bits per heavy atom. The van der Waals surface area contributed by atoms with Crippen LogP contribution in [0.4, 0.5) is 0 Å². The summed E-state index contributed by atoms with van der Waals surface area (Å²) in [5.41, 5.74) is 10.3. The molecule has 0 aliphatic rings.